The lowest BCUT2D eigenvalue weighted by Gasteiger charge is -2.34. The van der Waals surface area contributed by atoms with E-state index in [1.54, 1.807) is 4.90 Å². The fraction of sp³-hybridized carbons (Fsp3) is 0.500. The van der Waals surface area contributed by atoms with Crippen LogP contribution in [0.4, 0.5) is 10.1 Å². The van der Waals surface area contributed by atoms with Crippen molar-refractivity contribution in [1.29, 1.82) is 0 Å². The van der Waals surface area contributed by atoms with Gasteiger partial charge in [0.05, 0.1) is 0 Å². The summed E-state index contributed by atoms with van der Waals surface area (Å²) in [6.07, 6.45) is 1.12. The van der Waals surface area contributed by atoms with E-state index in [4.69, 9.17) is 5.73 Å². The van der Waals surface area contributed by atoms with Gasteiger partial charge in [0, 0.05) is 37.4 Å². The Hall–Kier alpha value is -1.62. The standard InChI is InChI=1S/C14H20FN3O/c1-2-3-17-4-6-18(7-5-17)14(19)11-8-12(15)10-13(16)9-11/h8-10H,2-7,16H2,1H3. The number of nitrogen functional groups attached to an aromatic ring is 1. The van der Waals surface area contributed by atoms with Crippen LogP contribution in [0.3, 0.4) is 0 Å². The van der Waals surface area contributed by atoms with Crippen molar-refractivity contribution in [3.63, 3.8) is 0 Å². The quantitative estimate of drug-likeness (QED) is 0.844. The van der Waals surface area contributed by atoms with Gasteiger partial charge in [-0.15, -0.1) is 0 Å². The Morgan fingerprint density at radius 1 is 1.26 bits per heavy atom. The second kappa shape index (κ2) is 6.02. The lowest BCUT2D eigenvalue weighted by molar-refractivity contribution is 0.0637. The summed E-state index contributed by atoms with van der Waals surface area (Å²) in [6.45, 7) is 6.35. The Bertz CT molecular complexity index is 436. The Morgan fingerprint density at radius 2 is 1.95 bits per heavy atom. The highest BCUT2D eigenvalue weighted by atomic mass is 19.1. The van der Waals surface area contributed by atoms with E-state index in [2.05, 4.69) is 11.8 Å². The summed E-state index contributed by atoms with van der Waals surface area (Å²) in [5.74, 6) is -0.602. The van der Waals surface area contributed by atoms with Crippen molar-refractivity contribution < 1.29 is 9.18 Å². The molecule has 0 atom stereocenters. The number of hydrogen-bond donors (Lipinski definition) is 1. The average molecular weight is 265 g/mol. The highest BCUT2D eigenvalue weighted by Crippen LogP contribution is 2.14. The van der Waals surface area contributed by atoms with Crippen LogP contribution in [0.5, 0.6) is 0 Å². The van der Waals surface area contributed by atoms with Crippen LogP contribution in [-0.2, 0) is 0 Å². The molecule has 0 saturated carbocycles. The molecule has 1 aromatic rings. The van der Waals surface area contributed by atoms with E-state index in [1.807, 2.05) is 0 Å². The van der Waals surface area contributed by atoms with Crippen molar-refractivity contribution in [3.05, 3.63) is 29.6 Å². The first-order valence-corrected chi connectivity index (χ1v) is 6.68. The number of carbonyl (C=O) groups is 1. The SMILES string of the molecule is CCCN1CCN(C(=O)c2cc(N)cc(F)c2)CC1. The van der Waals surface area contributed by atoms with Gasteiger partial charge in [-0.05, 0) is 31.2 Å². The third-order valence-corrected chi connectivity index (χ3v) is 3.37. The van der Waals surface area contributed by atoms with Crippen LogP contribution in [-0.4, -0.2) is 48.4 Å². The van der Waals surface area contributed by atoms with E-state index in [0.717, 1.165) is 26.1 Å². The third kappa shape index (κ3) is 3.44. The topological polar surface area (TPSA) is 49.6 Å². The zero-order valence-corrected chi connectivity index (χ0v) is 11.2. The molecule has 0 spiro atoms. The van der Waals surface area contributed by atoms with Crippen molar-refractivity contribution in [2.45, 2.75) is 13.3 Å². The minimum Gasteiger partial charge on any atom is -0.399 e. The van der Waals surface area contributed by atoms with Crippen LogP contribution in [0.25, 0.3) is 0 Å². The maximum atomic E-state index is 13.3. The molecule has 1 heterocycles. The molecule has 0 bridgehead atoms. The zero-order valence-electron chi connectivity index (χ0n) is 11.2. The summed E-state index contributed by atoms with van der Waals surface area (Å²) in [6, 6.07) is 4.00. The van der Waals surface area contributed by atoms with Crippen LogP contribution >= 0.6 is 0 Å². The van der Waals surface area contributed by atoms with Gasteiger partial charge in [-0.1, -0.05) is 6.92 Å². The van der Waals surface area contributed by atoms with E-state index < -0.39 is 5.82 Å². The highest BCUT2D eigenvalue weighted by Gasteiger charge is 2.22. The Kier molecular flexibility index (Phi) is 4.37. The molecule has 2 N–H and O–H groups in total. The number of nitrogens with zero attached hydrogens (tertiary/aromatic N) is 2. The fourth-order valence-electron chi connectivity index (χ4n) is 2.41. The maximum Gasteiger partial charge on any atom is 0.254 e. The number of amides is 1. The van der Waals surface area contributed by atoms with Gasteiger partial charge in [0.15, 0.2) is 0 Å². The van der Waals surface area contributed by atoms with E-state index >= 15 is 0 Å². The molecule has 19 heavy (non-hydrogen) atoms. The van der Waals surface area contributed by atoms with Gasteiger partial charge in [-0.3, -0.25) is 9.69 Å². The van der Waals surface area contributed by atoms with Crippen LogP contribution < -0.4 is 5.73 Å². The van der Waals surface area contributed by atoms with E-state index in [9.17, 15) is 9.18 Å². The van der Waals surface area contributed by atoms with Crippen LogP contribution in [0.1, 0.15) is 23.7 Å². The molecule has 1 aliphatic heterocycles. The molecule has 0 radical (unpaired) electrons. The lowest BCUT2D eigenvalue weighted by atomic mass is 10.1. The molecule has 4 nitrogen and oxygen atoms in total. The lowest BCUT2D eigenvalue weighted by Crippen LogP contribution is -2.48. The smallest absolute Gasteiger partial charge is 0.254 e. The van der Waals surface area contributed by atoms with Crippen molar-refractivity contribution in [1.82, 2.24) is 9.80 Å². The summed E-state index contributed by atoms with van der Waals surface area (Å²) < 4.78 is 13.3. The molecule has 1 aromatic carbocycles. The number of anilines is 1. The number of benzene rings is 1. The minimum absolute atomic E-state index is 0.137. The number of piperazine rings is 1. The van der Waals surface area contributed by atoms with Gasteiger partial charge >= 0.3 is 0 Å². The Labute approximate surface area is 113 Å². The maximum absolute atomic E-state index is 13.3. The number of hydrogen-bond acceptors (Lipinski definition) is 3. The molecule has 0 unspecified atom stereocenters. The summed E-state index contributed by atoms with van der Waals surface area (Å²) in [7, 11) is 0. The molecular formula is C14H20FN3O. The predicted molar refractivity (Wildman–Crippen MR) is 73.4 cm³/mol. The van der Waals surface area contributed by atoms with Gasteiger partial charge in [-0.25, -0.2) is 4.39 Å². The molecule has 0 aromatic heterocycles. The zero-order chi connectivity index (χ0) is 13.8. The fourth-order valence-corrected chi connectivity index (χ4v) is 2.41. The molecule has 2 rings (SSSR count). The first-order chi connectivity index (χ1) is 9.10. The molecule has 0 aliphatic carbocycles. The molecule has 104 valence electrons. The molecule has 1 aliphatic rings. The normalized spacial score (nSPS) is 16.6. The van der Waals surface area contributed by atoms with Crippen molar-refractivity contribution in [3.8, 4) is 0 Å². The van der Waals surface area contributed by atoms with E-state index in [1.165, 1.54) is 18.2 Å². The first-order valence-electron chi connectivity index (χ1n) is 6.68. The van der Waals surface area contributed by atoms with Gasteiger partial charge in [-0.2, -0.15) is 0 Å². The van der Waals surface area contributed by atoms with Gasteiger partial charge in [0.2, 0.25) is 0 Å². The number of nitrogens with two attached hydrogens (primary N) is 1. The van der Waals surface area contributed by atoms with Crippen molar-refractivity contribution in [2.24, 2.45) is 0 Å². The van der Waals surface area contributed by atoms with Gasteiger partial charge in [0.1, 0.15) is 5.82 Å². The van der Waals surface area contributed by atoms with Crippen LogP contribution in [0, 0.1) is 5.82 Å². The molecular weight excluding hydrogens is 245 g/mol. The minimum atomic E-state index is -0.465. The second-order valence-electron chi connectivity index (χ2n) is 4.91. The molecule has 1 saturated heterocycles. The first kappa shape index (κ1) is 13.8. The number of carbonyl (C=O) groups excluding carboxylic acids is 1. The van der Waals surface area contributed by atoms with Crippen LogP contribution in [0.15, 0.2) is 18.2 Å². The number of rotatable bonds is 3. The average Bonchev–Trinajstić information content (AvgIpc) is 2.38. The molecule has 1 amide bonds. The molecule has 5 heteroatoms. The monoisotopic (exact) mass is 265 g/mol. The van der Waals surface area contributed by atoms with Gasteiger partial charge in [0.25, 0.3) is 5.91 Å². The van der Waals surface area contributed by atoms with Crippen molar-refractivity contribution in [2.75, 3.05) is 38.5 Å². The van der Waals surface area contributed by atoms with E-state index in [0.29, 0.717) is 18.7 Å². The predicted octanol–water partition coefficient (Wildman–Crippen LogP) is 1.58. The second-order valence-corrected chi connectivity index (χ2v) is 4.91. The Morgan fingerprint density at radius 3 is 2.53 bits per heavy atom. The Balaban J connectivity index is 2.01. The third-order valence-electron chi connectivity index (χ3n) is 3.37. The van der Waals surface area contributed by atoms with Crippen molar-refractivity contribution >= 4 is 11.6 Å². The summed E-state index contributed by atoms with van der Waals surface area (Å²) in [4.78, 5) is 16.4. The summed E-state index contributed by atoms with van der Waals surface area (Å²) >= 11 is 0. The molecule has 1 fully saturated rings. The van der Waals surface area contributed by atoms with E-state index in [-0.39, 0.29) is 11.6 Å². The highest BCUT2D eigenvalue weighted by molar-refractivity contribution is 5.95. The summed E-state index contributed by atoms with van der Waals surface area (Å²) in [5.41, 5.74) is 6.19. The largest absolute Gasteiger partial charge is 0.399 e. The number of halogens is 1. The van der Waals surface area contributed by atoms with Gasteiger partial charge < -0.3 is 10.6 Å². The summed E-state index contributed by atoms with van der Waals surface area (Å²) in [5, 5.41) is 0. The van der Waals surface area contributed by atoms with Crippen LogP contribution in [0.2, 0.25) is 0 Å².